The zero-order valence-corrected chi connectivity index (χ0v) is 21.2. The summed E-state index contributed by atoms with van der Waals surface area (Å²) in [6.07, 6.45) is 2.76. The molecule has 5 aromatic rings. The van der Waals surface area contributed by atoms with Gasteiger partial charge in [-0.3, -0.25) is 9.59 Å². The number of hydrogen-bond acceptors (Lipinski definition) is 6. The van der Waals surface area contributed by atoms with Crippen molar-refractivity contribution in [1.29, 1.82) is 0 Å². The Hall–Kier alpha value is -4.66. The smallest absolute Gasteiger partial charge is 0.268 e. The van der Waals surface area contributed by atoms with Crippen LogP contribution in [-0.4, -0.2) is 30.5 Å². The minimum atomic E-state index is -0.617. The lowest BCUT2D eigenvalue weighted by Gasteiger charge is -2.14. The van der Waals surface area contributed by atoms with Crippen LogP contribution in [0.2, 0.25) is 0 Å². The Bertz CT molecular complexity index is 1690. The molecule has 9 heteroatoms. The molecule has 0 fully saturated rings. The first kappa shape index (κ1) is 25.0. The van der Waals surface area contributed by atoms with E-state index in [0.717, 1.165) is 23.3 Å². The van der Waals surface area contributed by atoms with E-state index in [1.165, 1.54) is 24.4 Å². The number of pyridine rings is 1. The predicted molar refractivity (Wildman–Crippen MR) is 141 cm³/mol. The number of nitrogens with one attached hydrogen (secondary N) is 1. The number of benzene rings is 2. The number of rotatable bonds is 7. The average molecular weight is 512 g/mol. The van der Waals surface area contributed by atoms with Gasteiger partial charge in [-0.2, -0.15) is 5.10 Å². The van der Waals surface area contributed by atoms with E-state index in [0.29, 0.717) is 11.1 Å². The fourth-order valence-electron chi connectivity index (χ4n) is 4.06. The van der Waals surface area contributed by atoms with Crippen LogP contribution in [0.5, 0.6) is 11.5 Å². The lowest BCUT2D eigenvalue weighted by Crippen LogP contribution is -2.13. The number of fused-ring (bicyclic) bond motifs is 1. The van der Waals surface area contributed by atoms with Gasteiger partial charge in [0, 0.05) is 30.5 Å². The maximum absolute atomic E-state index is 15.0. The zero-order chi connectivity index (χ0) is 26.9. The third kappa shape index (κ3) is 5.36. The lowest BCUT2D eigenvalue weighted by molar-refractivity contribution is -0.117. The quantitative estimate of drug-likeness (QED) is 0.327. The molecule has 0 saturated carbocycles. The summed E-state index contributed by atoms with van der Waals surface area (Å²) in [5.41, 5.74) is 3.04. The van der Waals surface area contributed by atoms with Gasteiger partial charge in [-0.1, -0.05) is 45.0 Å². The molecule has 0 atom stereocenters. The lowest BCUT2D eigenvalue weighted by atomic mass is 9.92. The van der Waals surface area contributed by atoms with E-state index in [4.69, 9.17) is 9.84 Å². The van der Waals surface area contributed by atoms with Crippen molar-refractivity contribution >= 4 is 16.9 Å². The molecule has 0 unspecified atom stereocenters. The number of carbonyl (C=O) groups excluding carboxylic acids is 1. The summed E-state index contributed by atoms with van der Waals surface area (Å²) in [6.45, 7) is 6.23. The summed E-state index contributed by atoms with van der Waals surface area (Å²) >= 11 is 0. The van der Waals surface area contributed by atoms with Crippen LogP contribution in [0.15, 0.2) is 77.9 Å². The number of ketones is 1. The molecule has 0 bridgehead atoms. The molecule has 0 aliphatic carbocycles. The van der Waals surface area contributed by atoms with Gasteiger partial charge >= 0.3 is 0 Å². The molecule has 3 heterocycles. The monoisotopic (exact) mass is 511 g/mol. The van der Waals surface area contributed by atoms with Crippen LogP contribution in [0.1, 0.15) is 37.7 Å². The number of nitrogens with zero attached hydrogens (tertiary/aromatic N) is 4. The van der Waals surface area contributed by atoms with Gasteiger partial charge in [-0.25, -0.2) is 19.0 Å². The van der Waals surface area contributed by atoms with Crippen LogP contribution in [-0.2, 0) is 23.1 Å². The van der Waals surface area contributed by atoms with Crippen LogP contribution in [0.3, 0.4) is 0 Å². The van der Waals surface area contributed by atoms with Gasteiger partial charge in [0.2, 0.25) is 0 Å². The minimum Gasteiger partial charge on any atom is -0.452 e. The predicted octanol–water partition coefficient (Wildman–Crippen LogP) is 5.09. The Morgan fingerprint density at radius 1 is 1.00 bits per heavy atom. The molecule has 0 spiro atoms. The highest BCUT2D eigenvalue weighted by molar-refractivity contribution is 5.83. The van der Waals surface area contributed by atoms with E-state index < -0.39 is 11.4 Å². The van der Waals surface area contributed by atoms with Crippen molar-refractivity contribution in [2.75, 3.05) is 0 Å². The van der Waals surface area contributed by atoms with Crippen LogP contribution in [0, 0.1) is 5.82 Å². The number of carbonyl (C=O) groups is 1. The fraction of sp³-hybridized carbons (Fsp3) is 0.207. The molecule has 2 aromatic carbocycles. The third-order valence-corrected chi connectivity index (χ3v) is 5.99. The third-order valence-electron chi connectivity index (χ3n) is 5.99. The SMILES string of the molecule is CC(C)(C)c1cc(CC(=O)Cc2ccc(Oc3ccnc4[nH]c(=O)cnc34)c(F)c2)n(-c2ccccc2)n1. The van der Waals surface area contributed by atoms with Crippen LogP contribution >= 0.6 is 0 Å². The second-order valence-electron chi connectivity index (χ2n) is 10.0. The molecule has 1 N–H and O–H groups in total. The number of aromatic nitrogens is 5. The number of H-pyrrole nitrogens is 1. The maximum Gasteiger partial charge on any atom is 0.268 e. The number of aromatic amines is 1. The van der Waals surface area contributed by atoms with E-state index in [2.05, 4.69) is 35.7 Å². The second-order valence-corrected chi connectivity index (χ2v) is 10.0. The van der Waals surface area contributed by atoms with Crippen molar-refractivity contribution in [2.45, 2.75) is 39.0 Å². The molecule has 192 valence electrons. The summed E-state index contributed by atoms with van der Waals surface area (Å²) in [6, 6.07) is 17.6. The van der Waals surface area contributed by atoms with Crippen LogP contribution in [0.25, 0.3) is 16.9 Å². The molecular formula is C29H26FN5O3. The van der Waals surface area contributed by atoms with Gasteiger partial charge in [0.05, 0.1) is 23.3 Å². The zero-order valence-electron chi connectivity index (χ0n) is 21.2. The second kappa shape index (κ2) is 10.0. The Labute approximate surface area is 218 Å². The topological polar surface area (TPSA) is 103 Å². The first-order chi connectivity index (χ1) is 18.2. The maximum atomic E-state index is 15.0. The molecule has 5 rings (SSSR count). The van der Waals surface area contributed by atoms with Crippen molar-refractivity contribution in [3.05, 3.63) is 106 Å². The molecule has 0 aliphatic rings. The average Bonchev–Trinajstić information content (AvgIpc) is 3.30. The van der Waals surface area contributed by atoms with E-state index >= 15 is 0 Å². The molecule has 0 aliphatic heterocycles. The fourth-order valence-corrected chi connectivity index (χ4v) is 4.06. The van der Waals surface area contributed by atoms with Gasteiger partial charge in [0.25, 0.3) is 5.56 Å². The normalized spacial score (nSPS) is 11.6. The van der Waals surface area contributed by atoms with Gasteiger partial charge in [-0.15, -0.1) is 0 Å². The first-order valence-corrected chi connectivity index (χ1v) is 12.1. The van der Waals surface area contributed by atoms with E-state index in [1.54, 1.807) is 10.7 Å². The molecule has 0 saturated heterocycles. The van der Waals surface area contributed by atoms with E-state index in [-0.39, 0.29) is 41.2 Å². The highest BCUT2D eigenvalue weighted by Crippen LogP contribution is 2.29. The summed E-state index contributed by atoms with van der Waals surface area (Å²) < 4.78 is 22.5. The Balaban J connectivity index is 1.34. The Morgan fingerprint density at radius 3 is 2.53 bits per heavy atom. The van der Waals surface area contributed by atoms with Crippen molar-refractivity contribution in [3.8, 4) is 17.2 Å². The summed E-state index contributed by atoms with van der Waals surface area (Å²) in [5, 5.41) is 4.76. The Kier molecular flexibility index (Phi) is 6.59. The highest BCUT2D eigenvalue weighted by atomic mass is 19.1. The van der Waals surface area contributed by atoms with Crippen LogP contribution < -0.4 is 10.3 Å². The largest absolute Gasteiger partial charge is 0.452 e. The number of halogens is 1. The van der Waals surface area contributed by atoms with Crippen molar-refractivity contribution in [1.82, 2.24) is 24.7 Å². The molecule has 0 radical (unpaired) electrons. The molecule has 3 aromatic heterocycles. The standard InChI is InChI=1S/C29H26FN5O3/c1-29(2,3)25-16-20(35(34-25)19-7-5-4-6-8-19)15-21(36)13-18-9-10-23(22(30)14-18)38-24-11-12-31-28-27(24)32-17-26(37)33-28/h4-12,14,16-17H,13,15H2,1-3H3,(H,31,33,37). The van der Waals surface area contributed by atoms with Gasteiger partial charge in [0.1, 0.15) is 11.3 Å². The minimum absolute atomic E-state index is 0.0290. The molecule has 0 amide bonds. The van der Waals surface area contributed by atoms with Crippen LogP contribution in [0.4, 0.5) is 4.39 Å². The van der Waals surface area contributed by atoms with Crippen molar-refractivity contribution < 1.29 is 13.9 Å². The first-order valence-electron chi connectivity index (χ1n) is 12.1. The molecule has 38 heavy (non-hydrogen) atoms. The van der Waals surface area contributed by atoms with E-state index in [9.17, 15) is 14.0 Å². The Morgan fingerprint density at radius 2 is 1.79 bits per heavy atom. The number of ether oxygens (including phenoxy) is 1. The van der Waals surface area contributed by atoms with Gasteiger partial charge < -0.3 is 9.72 Å². The van der Waals surface area contributed by atoms with Gasteiger partial charge in [0.15, 0.2) is 23.0 Å². The number of Topliss-reactive ketones (excluding diaryl/α,β-unsaturated/α-hetero) is 1. The number of para-hydroxylation sites is 1. The van der Waals surface area contributed by atoms with Crippen molar-refractivity contribution in [2.24, 2.45) is 0 Å². The highest BCUT2D eigenvalue weighted by Gasteiger charge is 2.22. The molecule has 8 nitrogen and oxygen atoms in total. The molecular weight excluding hydrogens is 485 g/mol. The number of hydrogen-bond donors (Lipinski definition) is 1. The summed E-state index contributed by atoms with van der Waals surface area (Å²) in [7, 11) is 0. The summed E-state index contributed by atoms with van der Waals surface area (Å²) in [4.78, 5) is 35.2. The summed E-state index contributed by atoms with van der Waals surface area (Å²) in [5.74, 6) is -0.464. The van der Waals surface area contributed by atoms with Crippen molar-refractivity contribution in [3.63, 3.8) is 0 Å². The van der Waals surface area contributed by atoms with E-state index in [1.807, 2.05) is 36.4 Å². The van der Waals surface area contributed by atoms with Gasteiger partial charge in [-0.05, 0) is 35.9 Å².